The maximum absolute atomic E-state index is 12.5. The van der Waals surface area contributed by atoms with Crippen molar-refractivity contribution in [2.75, 3.05) is 6.54 Å². The highest BCUT2D eigenvalue weighted by Gasteiger charge is 2.39. The Morgan fingerprint density at radius 2 is 1.71 bits per heavy atom. The lowest BCUT2D eigenvalue weighted by Gasteiger charge is -2.41. The molecule has 0 aromatic heterocycles. The van der Waals surface area contributed by atoms with E-state index in [2.05, 4.69) is 0 Å². The molecule has 7 nitrogen and oxygen atoms in total. The lowest BCUT2D eigenvalue weighted by Crippen LogP contribution is -2.46. The third kappa shape index (κ3) is 4.59. The molecular formula is C21H27NO6. The van der Waals surface area contributed by atoms with E-state index in [0.29, 0.717) is 24.0 Å². The van der Waals surface area contributed by atoms with Crippen molar-refractivity contribution in [3.63, 3.8) is 0 Å². The average molecular weight is 389 g/mol. The van der Waals surface area contributed by atoms with E-state index in [4.69, 9.17) is 14.2 Å². The molecule has 0 unspecified atom stereocenters. The molecule has 28 heavy (non-hydrogen) atoms. The number of imide groups is 1. The van der Waals surface area contributed by atoms with Crippen molar-refractivity contribution in [2.45, 2.75) is 71.1 Å². The molecular weight excluding hydrogens is 362 g/mol. The number of rotatable bonds is 6. The molecule has 7 heteroatoms. The minimum atomic E-state index is -0.853. The lowest BCUT2D eigenvalue weighted by atomic mass is 10.0. The van der Waals surface area contributed by atoms with Gasteiger partial charge in [-0.1, -0.05) is 12.1 Å². The van der Waals surface area contributed by atoms with Crippen LogP contribution in [0.15, 0.2) is 24.3 Å². The zero-order chi connectivity index (χ0) is 20.5. The molecule has 0 bridgehead atoms. The molecule has 0 radical (unpaired) electrons. The monoisotopic (exact) mass is 389 g/mol. The summed E-state index contributed by atoms with van der Waals surface area (Å²) in [5.41, 5.74) is 0.880. The van der Waals surface area contributed by atoms with Gasteiger partial charge in [0.25, 0.3) is 11.8 Å². The third-order valence-electron chi connectivity index (χ3n) is 4.74. The topological polar surface area (TPSA) is 82.1 Å². The molecule has 2 aliphatic heterocycles. The Morgan fingerprint density at radius 1 is 1.14 bits per heavy atom. The maximum atomic E-state index is 12.5. The first-order valence-electron chi connectivity index (χ1n) is 9.66. The van der Waals surface area contributed by atoms with Crippen molar-refractivity contribution in [1.82, 2.24) is 4.90 Å². The minimum Gasteiger partial charge on any atom is -0.463 e. The number of esters is 1. The van der Waals surface area contributed by atoms with Gasteiger partial charge in [-0.05, 0) is 46.2 Å². The zero-order valence-electron chi connectivity index (χ0n) is 16.8. The number of hydrogen-bond acceptors (Lipinski definition) is 6. The van der Waals surface area contributed by atoms with E-state index >= 15 is 0 Å². The van der Waals surface area contributed by atoms with Gasteiger partial charge in [0.2, 0.25) is 0 Å². The summed E-state index contributed by atoms with van der Waals surface area (Å²) >= 11 is 0. The Labute approximate surface area is 164 Å². The van der Waals surface area contributed by atoms with Gasteiger partial charge in [-0.2, -0.15) is 0 Å². The first-order valence-corrected chi connectivity index (χ1v) is 9.66. The van der Waals surface area contributed by atoms with Gasteiger partial charge in [-0.25, -0.2) is 0 Å². The van der Waals surface area contributed by atoms with Gasteiger partial charge >= 0.3 is 5.97 Å². The maximum Gasteiger partial charge on any atom is 0.308 e. The van der Waals surface area contributed by atoms with Gasteiger partial charge in [0, 0.05) is 13.0 Å². The number of carbonyl (C=O) groups is 3. The Hall–Kier alpha value is -2.25. The summed E-state index contributed by atoms with van der Waals surface area (Å²) in [5.74, 6) is -1.71. The van der Waals surface area contributed by atoms with Crippen molar-refractivity contribution in [3.05, 3.63) is 35.4 Å². The number of fused-ring (bicyclic) bond motifs is 1. The highest BCUT2D eigenvalue weighted by atomic mass is 16.7. The van der Waals surface area contributed by atoms with Crippen molar-refractivity contribution >= 4 is 17.8 Å². The SMILES string of the molecule is CC(C)OC(=O)C[C@@H]1C[C@H](CCN2C(=O)c3ccccc3C2=O)OC(C)(C)O1. The summed E-state index contributed by atoms with van der Waals surface area (Å²) in [6.07, 6.45) is 0.388. The largest absolute Gasteiger partial charge is 0.463 e. The van der Waals surface area contributed by atoms with Crippen LogP contribution in [-0.4, -0.2) is 53.3 Å². The van der Waals surface area contributed by atoms with E-state index in [-0.39, 0.29) is 49.1 Å². The Kier molecular flexibility index (Phi) is 5.86. The predicted octanol–water partition coefficient (Wildman–Crippen LogP) is 2.92. The number of benzene rings is 1. The van der Waals surface area contributed by atoms with Gasteiger partial charge in [0.05, 0.1) is 35.9 Å². The smallest absolute Gasteiger partial charge is 0.308 e. The fourth-order valence-corrected chi connectivity index (χ4v) is 3.73. The van der Waals surface area contributed by atoms with Gasteiger partial charge in [0.1, 0.15) is 0 Å². The molecule has 152 valence electrons. The molecule has 1 aromatic rings. The Balaban J connectivity index is 1.60. The van der Waals surface area contributed by atoms with Crippen molar-refractivity contribution in [1.29, 1.82) is 0 Å². The second kappa shape index (κ2) is 8.01. The molecule has 2 heterocycles. The van der Waals surface area contributed by atoms with Crippen LogP contribution in [-0.2, 0) is 19.0 Å². The second-order valence-electron chi connectivity index (χ2n) is 7.95. The number of hydrogen-bond donors (Lipinski definition) is 0. The van der Waals surface area contributed by atoms with Crippen LogP contribution in [0.5, 0.6) is 0 Å². The Bertz CT molecular complexity index is 737. The van der Waals surface area contributed by atoms with E-state index in [9.17, 15) is 14.4 Å². The average Bonchev–Trinajstić information content (AvgIpc) is 2.82. The zero-order valence-corrected chi connectivity index (χ0v) is 16.8. The lowest BCUT2D eigenvalue weighted by molar-refractivity contribution is -0.300. The van der Waals surface area contributed by atoms with E-state index in [1.807, 2.05) is 0 Å². The summed E-state index contributed by atoms with van der Waals surface area (Å²) in [4.78, 5) is 38.2. The molecule has 2 aliphatic rings. The second-order valence-corrected chi connectivity index (χ2v) is 7.95. The standard InChI is InChI=1S/C21H27NO6/c1-13(2)26-18(23)12-15-11-14(27-21(3,4)28-15)9-10-22-19(24)16-7-5-6-8-17(16)20(22)25/h5-8,13-15H,9-12H2,1-4H3/t14-,15-/m0/s1. The van der Waals surface area contributed by atoms with Crippen LogP contribution in [0.25, 0.3) is 0 Å². The molecule has 0 aliphatic carbocycles. The molecule has 1 fully saturated rings. The van der Waals surface area contributed by atoms with Gasteiger partial charge < -0.3 is 14.2 Å². The van der Waals surface area contributed by atoms with Gasteiger partial charge in [-0.15, -0.1) is 0 Å². The highest BCUT2D eigenvalue weighted by Crippen LogP contribution is 2.31. The molecule has 0 spiro atoms. The molecule has 0 saturated carbocycles. The van der Waals surface area contributed by atoms with Gasteiger partial charge in [0.15, 0.2) is 5.79 Å². The van der Waals surface area contributed by atoms with Crippen LogP contribution in [0.3, 0.4) is 0 Å². The number of amides is 2. The summed E-state index contributed by atoms with van der Waals surface area (Å²) in [6.45, 7) is 7.45. The molecule has 2 atom stereocenters. The number of carbonyl (C=O) groups excluding carboxylic acids is 3. The molecule has 1 saturated heterocycles. The Morgan fingerprint density at radius 3 is 2.29 bits per heavy atom. The third-order valence-corrected chi connectivity index (χ3v) is 4.74. The van der Waals surface area contributed by atoms with Crippen LogP contribution in [0.4, 0.5) is 0 Å². The van der Waals surface area contributed by atoms with Crippen molar-refractivity contribution < 1.29 is 28.6 Å². The van der Waals surface area contributed by atoms with Crippen molar-refractivity contribution in [3.8, 4) is 0 Å². The quantitative estimate of drug-likeness (QED) is 0.550. The minimum absolute atomic E-state index is 0.147. The summed E-state index contributed by atoms with van der Waals surface area (Å²) in [5, 5.41) is 0. The summed E-state index contributed by atoms with van der Waals surface area (Å²) < 4.78 is 17.0. The number of ether oxygens (including phenoxy) is 3. The fraction of sp³-hybridized carbons (Fsp3) is 0.571. The van der Waals surface area contributed by atoms with E-state index < -0.39 is 5.79 Å². The van der Waals surface area contributed by atoms with E-state index in [0.717, 1.165) is 0 Å². The van der Waals surface area contributed by atoms with Crippen LogP contribution in [0, 0.1) is 0 Å². The molecule has 3 rings (SSSR count). The van der Waals surface area contributed by atoms with Gasteiger partial charge in [-0.3, -0.25) is 19.3 Å². The first-order chi connectivity index (χ1) is 13.2. The first kappa shape index (κ1) is 20.5. The summed E-state index contributed by atoms with van der Waals surface area (Å²) in [6, 6.07) is 6.83. The molecule has 0 N–H and O–H groups in total. The van der Waals surface area contributed by atoms with Crippen LogP contribution < -0.4 is 0 Å². The normalized spacial score (nSPS) is 23.8. The van der Waals surface area contributed by atoms with Crippen molar-refractivity contribution in [2.24, 2.45) is 0 Å². The number of nitrogens with zero attached hydrogens (tertiary/aromatic N) is 1. The molecule has 1 aromatic carbocycles. The highest BCUT2D eigenvalue weighted by molar-refractivity contribution is 6.21. The van der Waals surface area contributed by atoms with E-state index in [1.165, 1.54) is 4.90 Å². The molecule has 2 amide bonds. The fourth-order valence-electron chi connectivity index (χ4n) is 3.73. The van der Waals surface area contributed by atoms with E-state index in [1.54, 1.807) is 52.0 Å². The predicted molar refractivity (Wildman–Crippen MR) is 101 cm³/mol. The van der Waals surface area contributed by atoms with Crippen LogP contribution >= 0.6 is 0 Å². The summed E-state index contributed by atoms with van der Waals surface area (Å²) in [7, 11) is 0. The van der Waals surface area contributed by atoms with Crippen LogP contribution in [0.1, 0.15) is 67.7 Å². The van der Waals surface area contributed by atoms with Crippen LogP contribution in [0.2, 0.25) is 0 Å².